The maximum absolute atomic E-state index is 12.5. The largest absolute Gasteiger partial charge is 0.382 e. The molecule has 0 saturated carbocycles. The maximum Gasteiger partial charge on any atom is 0.271 e. The van der Waals surface area contributed by atoms with E-state index in [0.717, 1.165) is 23.4 Å². The number of aromatic nitrogens is 5. The summed E-state index contributed by atoms with van der Waals surface area (Å²) in [6.45, 7) is 5.19. The minimum absolute atomic E-state index is 0.212. The lowest BCUT2D eigenvalue weighted by molar-refractivity contribution is -0.125. The number of hydrogen-bond donors (Lipinski definition) is 1. The minimum atomic E-state index is -0.728. The fourth-order valence-electron chi connectivity index (χ4n) is 3.08. The molecule has 29 heavy (non-hydrogen) atoms. The Morgan fingerprint density at radius 1 is 1.34 bits per heavy atom. The maximum atomic E-state index is 12.5. The smallest absolute Gasteiger partial charge is 0.271 e. The van der Waals surface area contributed by atoms with Crippen LogP contribution in [0, 0.1) is 6.92 Å². The van der Waals surface area contributed by atoms with Gasteiger partial charge in [0.1, 0.15) is 6.33 Å². The summed E-state index contributed by atoms with van der Waals surface area (Å²) < 4.78 is 3.46. The van der Waals surface area contributed by atoms with Gasteiger partial charge < -0.3 is 4.84 Å². The number of anilines is 1. The van der Waals surface area contributed by atoms with Crippen LogP contribution < -0.4 is 5.32 Å². The van der Waals surface area contributed by atoms with Gasteiger partial charge in [-0.1, -0.05) is 28.9 Å². The third-order valence-electron chi connectivity index (χ3n) is 4.55. The molecule has 0 saturated heterocycles. The third kappa shape index (κ3) is 4.29. The lowest BCUT2D eigenvalue weighted by atomic mass is 10.1. The minimum Gasteiger partial charge on any atom is -0.382 e. The zero-order valence-corrected chi connectivity index (χ0v) is 16.8. The second-order valence-corrected chi connectivity index (χ2v) is 7.14. The van der Waals surface area contributed by atoms with Crippen LogP contribution in [0.4, 0.5) is 5.95 Å². The van der Waals surface area contributed by atoms with Crippen molar-refractivity contribution in [2.45, 2.75) is 39.5 Å². The Balaban J connectivity index is 1.36. The highest BCUT2D eigenvalue weighted by atomic mass is 35.5. The first-order valence-electron chi connectivity index (χ1n) is 9.23. The van der Waals surface area contributed by atoms with Gasteiger partial charge >= 0.3 is 0 Å². The van der Waals surface area contributed by atoms with E-state index in [1.807, 2.05) is 49.0 Å². The molecule has 1 aromatic carbocycles. The van der Waals surface area contributed by atoms with E-state index in [4.69, 9.17) is 16.4 Å². The van der Waals surface area contributed by atoms with Crippen LogP contribution in [0.5, 0.6) is 0 Å². The normalized spacial score (nSPS) is 15.8. The van der Waals surface area contributed by atoms with Crippen molar-refractivity contribution in [1.82, 2.24) is 24.5 Å². The highest BCUT2D eigenvalue weighted by Crippen LogP contribution is 2.20. The quantitative estimate of drug-likeness (QED) is 0.669. The first-order chi connectivity index (χ1) is 14.0. The first kappa shape index (κ1) is 19.1. The fourth-order valence-corrected chi connectivity index (χ4v) is 3.29. The molecule has 0 radical (unpaired) electrons. The second-order valence-electron chi connectivity index (χ2n) is 6.70. The molecular formula is C19H20ClN7O2. The van der Waals surface area contributed by atoms with Gasteiger partial charge in [0.05, 0.1) is 18.0 Å². The molecule has 3 heterocycles. The molecule has 4 rings (SSSR count). The van der Waals surface area contributed by atoms with Crippen LogP contribution in [0.1, 0.15) is 30.2 Å². The van der Waals surface area contributed by atoms with E-state index >= 15 is 0 Å². The van der Waals surface area contributed by atoms with E-state index in [1.165, 1.54) is 0 Å². The molecule has 2 aromatic heterocycles. The lowest BCUT2D eigenvalue weighted by Gasteiger charge is -2.06. The van der Waals surface area contributed by atoms with Gasteiger partial charge in [-0.25, -0.2) is 9.67 Å². The lowest BCUT2D eigenvalue weighted by Crippen LogP contribution is -2.28. The average molecular weight is 414 g/mol. The van der Waals surface area contributed by atoms with Crippen LogP contribution in [0.15, 0.2) is 41.9 Å². The average Bonchev–Trinajstić information content (AvgIpc) is 3.41. The molecule has 0 spiro atoms. The molecule has 0 fully saturated rings. The van der Waals surface area contributed by atoms with Crippen molar-refractivity contribution in [1.29, 1.82) is 0 Å². The summed E-state index contributed by atoms with van der Waals surface area (Å²) in [6.07, 6.45) is 3.10. The molecule has 1 N–H and O–H groups in total. The van der Waals surface area contributed by atoms with Gasteiger partial charge in [0, 0.05) is 29.7 Å². The number of carbonyl (C=O) groups is 1. The van der Waals surface area contributed by atoms with Crippen LogP contribution in [-0.2, 0) is 22.7 Å². The predicted octanol–water partition coefficient (Wildman–Crippen LogP) is 2.64. The second kappa shape index (κ2) is 8.04. The number of aryl methyl sites for hydroxylation is 2. The van der Waals surface area contributed by atoms with E-state index < -0.39 is 6.10 Å². The zero-order valence-electron chi connectivity index (χ0n) is 16.0. The van der Waals surface area contributed by atoms with Gasteiger partial charge in [-0.3, -0.25) is 14.8 Å². The Kier molecular flexibility index (Phi) is 5.30. The van der Waals surface area contributed by atoms with Gasteiger partial charge in [0.25, 0.3) is 5.91 Å². The number of benzene rings is 1. The van der Waals surface area contributed by atoms with Gasteiger partial charge in [0.15, 0.2) is 0 Å². The molecule has 1 aliphatic heterocycles. The number of hydrogen-bond acceptors (Lipinski definition) is 6. The summed E-state index contributed by atoms with van der Waals surface area (Å²) in [5.41, 5.74) is 3.45. The van der Waals surface area contributed by atoms with Crippen molar-refractivity contribution < 1.29 is 9.63 Å². The monoisotopic (exact) mass is 413 g/mol. The van der Waals surface area contributed by atoms with Crippen LogP contribution in [0.25, 0.3) is 0 Å². The number of nitrogens with zero attached hydrogens (tertiary/aromatic N) is 6. The van der Waals surface area contributed by atoms with E-state index in [1.54, 1.807) is 11.0 Å². The van der Waals surface area contributed by atoms with Crippen molar-refractivity contribution in [3.05, 3.63) is 58.6 Å². The molecule has 0 bridgehead atoms. The summed E-state index contributed by atoms with van der Waals surface area (Å²) in [7, 11) is 0. The van der Waals surface area contributed by atoms with E-state index in [-0.39, 0.29) is 11.9 Å². The molecule has 150 valence electrons. The summed E-state index contributed by atoms with van der Waals surface area (Å²) in [5.74, 6) is -0.131. The highest BCUT2D eigenvalue weighted by Gasteiger charge is 2.31. The van der Waals surface area contributed by atoms with Crippen molar-refractivity contribution >= 4 is 29.2 Å². The van der Waals surface area contributed by atoms with Crippen molar-refractivity contribution in [3.63, 3.8) is 0 Å². The van der Waals surface area contributed by atoms with Gasteiger partial charge in [-0.15, -0.1) is 5.10 Å². The van der Waals surface area contributed by atoms with Crippen LogP contribution in [0.2, 0.25) is 5.02 Å². The van der Waals surface area contributed by atoms with E-state index in [9.17, 15) is 4.79 Å². The topological polar surface area (TPSA) is 99.2 Å². The number of nitrogens with one attached hydrogen (secondary N) is 1. The molecule has 3 aromatic rings. The van der Waals surface area contributed by atoms with E-state index in [0.29, 0.717) is 23.7 Å². The van der Waals surface area contributed by atoms with Gasteiger partial charge in [0.2, 0.25) is 12.1 Å². The Labute approximate surface area is 172 Å². The van der Waals surface area contributed by atoms with E-state index in [2.05, 4.69) is 25.7 Å². The number of oxime groups is 1. The third-order valence-corrected chi connectivity index (χ3v) is 4.78. The molecular weight excluding hydrogens is 394 g/mol. The summed E-state index contributed by atoms with van der Waals surface area (Å²) in [5, 5.41) is 16.1. The van der Waals surface area contributed by atoms with Gasteiger partial charge in [-0.2, -0.15) is 5.10 Å². The molecule has 1 atom stereocenters. The molecule has 10 heteroatoms. The predicted molar refractivity (Wildman–Crippen MR) is 108 cm³/mol. The number of carbonyl (C=O) groups excluding carboxylic acids is 1. The van der Waals surface area contributed by atoms with Crippen molar-refractivity contribution in [3.8, 4) is 0 Å². The Morgan fingerprint density at radius 3 is 2.97 bits per heavy atom. The number of amides is 1. The zero-order chi connectivity index (χ0) is 20.4. The van der Waals surface area contributed by atoms with Crippen molar-refractivity contribution in [2.75, 3.05) is 5.32 Å². The Morgan fingerprint density at radius 2 is 2.21 bits per heavy atom. The summed E-state index contributed by atoms with van der Waals surface area (Å²) >= 11 is 6.00. The first-order valence-corrected chi connectivity index (χ1v) is 9.61. The Bertz CT molecular complexity index is 1070. The molecule has 9 nitrogen and oxygen atoms in total. The van der Waals surface area contributed by atoms with Crippen LogP contribution in [-0.4, -0.2) is 42.3 Å². The summed E-state index contributed by atoms with van der Waals surface area (Å²) in [4.78, 5) is 22.0. The molecule has 1 unspecified atom stereocenters. The van der Waals surface area contributed by atoms with Crippen LogP contribution >= 0.6 is 11.6 Å². The van der Waals surface area contributed by atoms with Gasteiger partial charge in [-0.05, 0) is 31.5 Å². The number of halogens is 1. The fraction of sp³-hybridized carbons (Fsp3) is 0.316. The highest BCUT2D eigenvalue weighted by molar-refractivity contribution is 6.30. The molecule has 0 aliphatic carbocycles. The SMILES string of the molecule is CCn1cc(C2=NOC(C(=O)Nc3ncn(Cc4cccc(Cl)c4)n3)C2)c(C)n1. The van der Waals surface area contributed by atoms with Crippen LogP contribution in [0.3, 0.4) is 0 Å². The molecule has 1 aliphatic rings. The summed E-state index contributed by atoms with van der Waals surface area (Å²) in [6, 6.07) is 7.48. The standard InChI is InChI=1S/C19H20ClN7O2/c1-3-26-10-15(12(2)23-26)16-8-17(29-25-16)18(28)22-19-21-11-27(24-19)9-13-5-4-6-14(20)7-13/h4-7,10-11,17H,3,8-9H2,1-2H3,(H,22,24,28). The van der Waals surface area contributed by atoms with Crippen molar-refractivity contribution in [2.24, 2.45) is 5.16 Å². The molecule has 1 amide bonds. The Hall–Kier alpha value is -3.20. The number of rotatable bonds is 6.